The topological polar surface area (TPSA) is 70.2 Å². The number of nitrogens with one attached hydrogen (secondary N) is 2. The molecule has 2 rings (SSSR count). The highest BCUT2D eigenvalue weighted by Gasteiger charge is 2.11. The Hall–Kier alpha value is -1.89. The van der Waals surface area contributed by atoms with Crippen molar-refractivity contribution in [3.05, 3.63) is 11.4 Å². The fraction of sp³-hybridized carbons (Fsp3) is 0.500. The van der Waals surface area contributed by atoms with Crippen LogP contribution in [0.3, 0.4) is 0 Å². The van der Waals surface area contributed by atoms with Crippen LogP contribution in [-0.2, 0) is 4.79 Å². The fourth-order valence-electron chi connectivity index (χ4n) is 2.12. The monoisotopic (exact) mass is 307 g/mol. The molecule has 114 valence electrons. The van der Waals surface area contributed by atoms with Gasteiger partial charge in [-0.05, 0) is 25.3 Å². The van der Waals surface area contributed by atoms with Crippen molar-refractivity contribution in [2.75, 3.05) is 37.3 Å². The second-order valence-electron chi connectivity index (χ2n) is 4.53. The van der Waals surface area contributed by atoms with E-state index in [-0.39, 0.29) is 5.91 Å². The molecule has 2 aromatic rings. The summed E-state index contributed by atoms with van der Waals surface area (Å²) in [6.45, 7) is 6.06. The normalized spacial score (nSPS) is 10.6. The Morgan fingerprint density at radius 2 is 2.10 bits per heavy atom. The van der Waals surface area contributed by atoms with Gasteiger partial charge in [0.15, 0.2) is 0 Å². The molecule has 21 heavy (non-hydrogen) atoms. The highest BCUT2D eigenvalue weighted by Crippen LogP contribution is 2.26. The summed E-state index contributed by atoms with van der Waals surface area (Å²) >= 11 is 1.58. The number of rotatable bonds is 7. The standard InChI is InChI=1S/C14H21N5OS/c1-4-19(5-2)11(20)6-8-16-12-10-7-9-21-13(10)18-14(15-3)17-12/h7,9H,4-6,8H2,1-3H3,(H2,15,16,17,18). The summed E-state index contributed by atoms with van der Waals surface area (Å²) in [5.41, 5.74) is 0. The number of carbonyl (C=O) groups is 1. The second-order valence-corrected chi connectivity index (χ2v) is 5.42. The van der Waals surface area contributed by atoms with Gasteiger partial charge in [0.2, 0.25) is 11.9 Å². The number of anilines is 2. The molecule has 2 N–H and O–H groups in total. The molecule has 2 heterocycles. The zero-order valence-electron chi connectivity index (χ0n) is 12.6. The quantitative estimate of drug-likeness (QED) is 0.822. The van der Waals surface area contributed by atoms with E-state index in [0.717, 1.165) is 29.1 Å². The third-order valence-corrected chi connectivity index (χ3v) is 4.10. The number of fused-ring (bicyclic) bond motifs is 1. The molecule has 0 aromatic carbocycles. The molecule has 6 nitrogen and oxygen atoms in total. The van der Waals surface area contributed by atoms with Crippen LogP contribution in [0, 0.1) is 0 Å². The molecule has 7 heteroatoms. The van der Waals surface area contributed by atoms with E-state index in [9.17, 15) is 4.79 Å². The predicted molar refractivity (Wildman–Crippen MR) is 88.0 cm³/mol. The second kappa shape index (κ2) is 7.21. The summed E-state index contributed by atoms with van der Waals surface area (Å²) in [5, 5.41) is 9.19. The number of hydrogen-bond donors (Lipinski definition) is 2. The molecule has 0 fully saturated rings. The van der Waals surface area contributed by atoms with Gasteiger partial charge in [-0.25, -0.2) is 4.98 Å². The van der Waals surface area contributed by atoms with Gasteiger partial charge in [-0.15, -0.1) is 11.3 Å². The fourth-order valence-corrected chi connectivity index (χ4v) is 2.89. The molecule has 2 aromatic heterocycles. The molecule has 1 amide bonds. The van der Waals surface area contributed by atoms with Crippen molar-refractivity contribution in [3.8, 4) is 0 Å². The lowest BCUT2D eigenvalue weighted by molar-refractivity contribution is -0.130. The van der Waals surface area contributed by atoms with Crippen LogP contribution in [0.25, 0.3) is 10.2 Å². The van der Waals surface area contributed by atoms with Crippen LogP contribution in [0.2, 0.25) is 0 Å². The summed E-state index contributed by atoms with van der Waals surface area (Å²) < 4.78 is 0. The van der Waals surface area contributed by atoms with Gasteiger partial charge in [0, 0.05) is 33.1 Å². The predicted octanol–water partition coefficient (Wildman–Crippen LogP) is 2.40. The summed E-state index contributed by atoms with van der Waals surface area (Å²) in [6, 6.07) is 1.99. The maximum atomic E-state index is 12.0. The van der Waals surface area contributed by atoms with Crippen molar-refractivity contribution in [3.63, 3.8) is 0 Å². The van der Waals surface area contributed by atoms with Gasteiger partial charge in [0.1, 0.15) is 10.6 Å². The molecule has 0 radical (unpaired) electrons. The van der Waals surface area contributed by atoms with Crippen LogP contribution in [-0.4, -0.2) is 47.5 Å². The average Bonchev–Trinajstić information content (AvgIpc) is 2.96. The van der Waals surface area contributed by atoms with Gasteiger partial charge in [-0.3, -0.25) is 4.79 Å². The molecule has 0 atom stereocenters. The lowest BCUT2D eigenvalue weighted by Crippen LogP contribution is -2.31. The van der Waals surface area contributed by atoms with Crippen LogP contribution in [0.4, 0.5) is 11.8 Å². The van der Waals surface area contributed by atoms with Crippen molar-refractivity contribution < 1.29 is 4.79 Å². The average molecular weight is 307 g/mol. The van der Waals surface area contributed by atoms with Gasteiger partial charge in [-0.1, -0.05) is 0 Å². The molecule has 0 aliphatic rings. The Labute approximate surface area is 128 Å². The van der Waals surface area contributed by atoms with Crippen molar-refractivity contribution in [1.82, 2.24) is 14.9 Å². The summed E-state index contributed by atoms with van der Waals surface area (Å²) in [4.78, 5) is 23.6. The lowest BCUT2D eigenvalue weighted by Gasteiger charge is -2.18. The Morgan fingerprint density at radius 3 is 2.76 bits per heavy atom. The van der Waals surface area contributed by atoms with E-state index in [2.05, 4.69) is 20.6 Å². The smallest absolute Gasteiger partial charge is 0.225 e. The first-order valence-electron chi connectivity index (χ1n) is 7.14. The number of nitrogens with zero attached hydrogens (tertiary/aromatic N) is 3. The van der Waals surface area contributed by atoms with E-state index in [1.54, 1.807) is 18.4 Å². The maximum Gasteiger partial charge on any atom is 0.225 e. The third-order valence-electron chi connectivity index (χ3n) is 3.30. The number of aromatic nitrogens is 2. The highest BCUT2D eigenvalue weighted by molar-refractivity contribution is 7.16. The van der Waals surface area contributed by atoms with Crippen LogP contribution >= 0.6 is 11.3 Å². The van der Waals surface area contributed by atoms with E-state index in [0.29, 0.717) is 18.9 Å². The molecule has 0 unspecified atom stereocenters. The first-order chi connectivity index (χ1) is 10.2. The lowest BCUT2D eigenvalue weighted by atomic mass is 10.3. The highest BCUT2D eigenvalue weighted by atomic mass is 32.1. The van der Waals surface area contributed by atoms with Gasteiger partial charge in [0.25, 0.3) is 0 Å². The Kier molecular flexibility index (Phi) is 5.32. The molecule has 0 bridgehead atoms. The van der Waals surface area contributed by atoms with Crippen LogP contribution < -0.4 is 10.6 Å². The minimum Gasteiger partial charge on any atom is -0.369 e. The van der Waals surface area contributed by atoms with E-state index in [1.807, 2.05) is 30.2 Å². The van der Waals surface area contributed by atoms with E-state index in [4.69, 9.17) is 0 Å². The van der Waals surface area contributed by atoms with E-state index < -0.39 is 0 Å². The summed E-state index contributed by atoms with van der Waals surface area (Å²) in [6.07, 6.45) is 0.464. The summed E-state index contributed by atoms with van der Waals surface area (Å²) in [7, 11) is 1.79. The first-order valence-corrected chi connectivity index (χ1v) is 8.02. The largest absolute Gasteiger partial charge is 0.369 e. The van der Waals surface area contributed by atoms with E-state index in [1.165, 1.54) is 0 Å². The maximum absolute atomic E-state index is 12.0. The minimum atomic E-state index is 0.164. The van der Waals surface area contributed by atoms with Crippen LogP contribution in [0.5, 0.6) is 0 Å². The third kappa shape index (κ3) is 3.60. The SMILES string of the molecule is CCN(CC)C(=O)CCNc1nc(NC)nc2sccc12. The minimum absolute atomic E-state index is 0.164. The van der Waals surface area contributed by atoms with Gasteiger partial charge in [-0.2, -0.15) is 4.98 Å². The molecule has 0 saturated heterocycles. The molecule has 0 aliphatic heterocycles. The zero-order valence-corrected chi connectivity index (χ0v) is 13.5. The van der Waals surface area contributed by atoms with Gasteiger partial charge in [0.05, 0.1) is 5.39 Å². The van der Waals surface area contributed by atoms with Crippen molar-refractivity contribution >= 4 is 39.2 Å². The molecule has 0 aliphatic carbocycles. The number of amides is 1. The molecule has 0 saturated carbocycles. The van der Waals surface area contributed by atoms with Gasteiger partial charge >= 0.3 is 0 Å². The Morgan fingerprint density at radius 1 is 1.33 bits per heavy atom. The van der Waals surface area contributed by atoms with Crippen molar-refractivity contribution in [1.29, 1.82) is 0 Å². The van der Waals surface area contributed by atoms with Crippen LogP contribution in [0.1, 0.15) is 20.3 Å². The Bertz CT molecular complexity index is 608. The first kappa shape index (κ1) is 15.5. The molecular formula is C14H21N5OS. The zero-order chi connectivity index (χ0) is 15.2. The van der Waals surface area contributed by atoms with Crippen molar-refractivity contribution in [2.45, 2.75) is 20.3 Å². The Balaban J connectivity index is 2.03. The molecular weight excluding hydrogens is 286 g/mol. The summed E-state index contributed by atoms with van der Waals surface area (Å²) in [5.74, 6) is 1.53. The van der Waals surface area contributed by atoms with Crippen molar-refractivity contribution in [2.24, 2.45) is 0 Å². The number of hydrogen-bond acceptors (Lipinski definition) is 6. The number of thiophene rings is 1. The van der Waals surface area contributed by atoms with E-state index >= 15 is 0 Å². The van der Waals surface area contributed by atoms with Crippen LogP contribution in [0.15, 0.2) is 11.4 Å². The molecule has 0 spiro atoms. The van der Waals surface area contributed by atoms with Gasteiger partial charge < -0.3 is 15.5 Å². The number of carbonyl (C=O) groups excluding carboxylic acids is 1.